The van der Waals surface area contributed by atoms with Gasteiger partial charge >= 0.3 is 0 Å². The van der Waals surface area contributed by atoms with Crippen LogP contribution in [0.15, 0.2) is 41.5 Å². The lowest BCUT2D eigenvalue weighted by molar-refractivity contribution is -0.115. The highest BCUT2D eigenvalue weighted by Crippen LogP contribution is 2.28. The van der Waals surface area contributed by atoms with Gasteiger partial charge in [-0.1, -0.05) is 25.1 Å². The third kappa shape index (κ3) is 2.37. The van der Waals surface area contributed by atoms with Gasteiger partial charge in [-0.15, -0.1) is 6.58 Å². The molecule has 0 bridgehead atoms. The number of anilines is 1. The predicted molar refractivity (Wildman–Crippen MR) is 82.1 cm³/mol. The summed E-state index contributed by atoms with van der Waals surface area (Å²) in [4.78, 5) is 16.2. The van der Waals surface area contributed by atoms with Crippen molar-refractivity contribution in [2.24, 2.45) is 0 Å². The Hall–Kier alpha value is -2.96. The molecule has 1 aromatic carbocycles. The van der Waals surface area contributed by atoms with E-state index in [1.165, 1.54) is 0 Å². The molecule has 22 heavy (non-hydrogen) atoms. The van der Waals surface area contributed by atoms with E-state index in [1.54, 1.807) is 13.0 Å². The molecule has 0 aliphatic rings. The first-order valence-corrected chi connectivity index (χ1v) is 6.93. The number of carbonyl (C=O) groups is 1. The molecular formula is C15H15N5O2. The normalized spacial score (nSPS) is 10.8. The third-order valence-electron chi connectivity index (χ3n) is 3.25. The maximum absolute atomic E-state index is 11.6. The van der Waals surface area contributed by atoms with E-state index >= 15 is 0 Å². The largest absolute Gasteiger partial charge is 0.319 e. The van der Waals surface area contributed by atoms with Crippen molar-refractivity contribution in [3.63, 3.8) is 0 Å². The van der Waals surface area contributed by atoms with Crippen molar-refractivity contribution < 1.29 is 9.42 Å². The van der Waals surface area contributed by atoms with Gasteiger partial charge < -0.3 is 9.88 Å². The molecule has 2 aromatic heterocycles. The molecule has 0 aliphatic carbocycles. The molecule has 112 valence electrons. The minimum atomic E-state index is -0.164. The SMILES string of the molecule is C=CCn1c(-c2nonc2NC(=O)CC)nc2ccccc21. The number of nitrogens with one attached hydrogen (secondary N) is 1. The fraction of sp³-hybridized carbons (Fsp3) is 0.200. The van der Waals surface area contributed by atoms with Crippen molar-refractivity contribution in [1.82, 2.24) is 19.9 Å². The van der Waals surface area contributed by atoms with E-state index in [0.717, 1.165) is 11.0 Å². The number of imidazole rings is 1. The molecule has 0 saturated heterocycles. The summed E-state index contributed by atoms with van der Waals surface area (Å²) in [5, 5.41) is 10.3. The van der Waals surface area contributed by atoms with Gasteiger partial charge in [0.25, 0.3) is 0 Å². The summed E-state index contributed by atoms with van der Waals surface area (Å²) in [7, 11) is 0. The standard InChI is InChI=1S/C15H15N5O2/c1-3-9-20-11-8-6-5-7-10(11)16-15(20)13-14(19-22-18-13)17-12(21)4-2/h3,5-8H,1,4,9H2,2H3,(H,17,19,21). The second-order valence-corrected chi connectivity index (χ2v) is 4.69. The molecule has 0 fully saturated rings. The van der Waals surface area contributed by atoms with Crippen LogP contribution in [0.25, 0.3) is 22.6 Å². The van der Waals surface area contributed by atoms with Crippen LogP contribution in [-0.4, -0.2) is 25.8 Å². The highest BCUT2D eigenvalue weighted by Gasteiger charge is 2.21. The van der Waals surface area contributed by atoms with Crippen LogP contribution in [0, 0.1) is 0 Å². The van der Waals surface area contributed by atoms with E-state index in [4.69, 9.17) is 4.63 Å². The lowest BCUT2D eigenvalue weighted by Gasteiger charge is -2.05. The van der Waals surface area contributed by atoms with Crippen molar-refractivity contribution in [1.29, 1.82) is 0 Å². The Labute approximate surface area is 126 Å². The Bertz CT molecular complexity index is 833. The third-order valence-corrected chi connectivity index (χ3v) is 3.25. The molecule has 3 aromatic rings. The molecule has 0 atom stereocenters. The molecule has 7 nitrogen and oxygen atoms in total. The average molecular weight is 297 g/mol. The van der Waals surface area contributed by atoms with Crippen LogP contribution >= 0.6 is 0 Å². The van der Waals surface area contributed by atoms with Crippen molar-refractivity contribution in [2.45, 2.75) is 19.9 Å². The van der Waals surface area contributed by atoms with Gasteiger partial charge in [0.1, 0.15) is 0 Å². The Morgan fingerprint density at radius 1 is 1.41 bits per heavy atom. The smallest absolute Gasteiger partial charge is 0.225 e. The summed E-state index contributed by atoms with van der Waals surface area (Å²) in [6, 6.07) is 7.73. The quantitative estimate of drug-likeness (QED) is 0.732. The van der Waals surface area contributed by atoms with Crippen LogP contribution in [0.1, 0.15) is 13.3 Å². The molecular weight excluding hydrogens is 282 g/mol. The summed E-state index contributed by atoms with van der Waals surface area (Å²) < 4.78 is 6.73. The maximum atomic E-state index is 11.6. The Morgan fingerprint density at radius 3 is 3.00 bits per heavy atom. The minimum Gasteiger partial charge on any atom is -0.319 e. The van der Waals surface area contributed by atoms with E-state index in [0.29, 0.717) is 24.5 Å². The number of carbonyl (C=O) groups excluding carboxylic acids is 1. The van der Waals surface area contributed by atoms with Crippen LogP contribution in [0.5, 0.6) is 0 Å². The van der Waals surface area contributed by atoms with E-state index in [1.807, 2.05) is 28.8 Å². The number of allylic oxidation sites excluding steroid dienone is 1. The minimum absolute atomic E-state index is 0.164. The van der Waals surface area contributed by atoms with Gasteiger partial charge in [0.05, 0.1) is 11.0 Å². The van der Waals surface area contributed by atoms with Crippen LogP contribution in [0.4, 0.5) is 5.82 Å². The zero-order valence-electron chi connectivity index (χ0n) is 12.1. The summed E-state index contributed by atoms with van der Waals surface area (Å²) in [5.41, 5.74) is 2.18. The molecule has 0 spiro atoms. The second kappa shape index (κ2) is 5.80. The maximum Gasteiger partial charge on any atom is 0.225 e. The number of hydrogen-bond donors (Lipinski definition) is 1. The molecule has 0 unspecified atom stereocenters. The van der Waals surface area contributed by atoms with Crippen LogP contribution in [-0.2, 0) is 11.3 Å². The lowest BCUT2D eigenvalue weighted by Crippen LogP contribution is -2.11. The molecule has 0 saturated carbocycles. The fourth-order valence-corrected chi connectivity index (χ4v) is 2.21. The lowest BCUT2D eigenvalue weighted by atomic mass is 10.3. The zero-order valence-corrected chi connectivity index (χ0v) is 12.1. The number of fused-ring (bicyclic) bond motifs is 1. The number of aromatic nitrogens is 4. The number of amides is 1. The topological polar surface area (TPSA) is 85.8 Å². The number of rotatable bonds is 5. The highest BCUT2D eigenvalue weighted by molar-refractivity contribution is 5.93. The summed E-state index contributed by atoms with van der Waals surface area (Å²) in [5.74, 6) is 0.685. The predicted octanol–water partition coefficient (Wildman–Crippen LogP) is 2.62. The number of para-hydroxylation sites is 2. The second-order valence-electron chi connectivity index (χ2n) is 4.69. The van der Waals surface area contributed by atoms with Crippen molar-refractivity contribution in [3.8, 4) is 11.5 Å². The van der Waals surface area contributed by atoms with Gasteiger partial charge in [-0.2, -0.15) is 0 Å². The summed E-state index contributed by atoms with van der Waals surface area (Å²) in [6.07, 6.45) is 2.12. The van der Waals surface area contributed by atoms with Gasteiger partial charge in [-0.05, 0) is 22.4 Å². The van der Waals surface area contributed by atoms with Crippen LogP contribution in [0.3, 0.4) is 0 Å². The fourth-order valence-electron chi connectivity index (χ4n) is 2.21. The molecule has 0 aliphatic heterocycles. The monoisotopic (exact) mass is 297 g/mol. The van der Waals surface area contributed by atoms with Gasteiger partial charge in [0, 0.05) is 13.0 Å². The molecule has 7 heteroatoms. The van der Waals surface area contributed by atoms with E-state index in [2.05, 4.69) is 27.2 Å². The molecule has 2 heterocycles. The molecule has 3 rings (SSSR count). The first kappa shape index (κ1) is 14.0. The highest BCUT2D eigenvalue weighted by atomic mass is 16.6. The van der Waals surface area contributed by atoms with Crippen molar-refractivity contribution in [3.05, 3.63) is 36.9 Å². The molecule has 1 N–H and O–H groups in total. The van der Waals surface area contributed by atoms with E-state index in [9.17, 15) is 4.79 Å². The van der Waals surface area contributed by atoms with Crippen LogP contribution in [0.2, 0.25) is 0 Å². The van der Waals surface area contributed by atoms with E-state index in [-0.39, 0.29) is 11.7 Å². The van der Waals surface area contributed by atoms with Gasteiger partial charge in [0.15, 0.2) is 11.5 Å². The molecule has 1 amide bonds. The van der Waals surface area contributed by atoms with Crippen molar-refractivity contribution in [2.75, 3.05) is 5.32 Å². The Kier molecular flexibility index (Phi) is 3.69. The average Bonchev–Trinajstić information content (AvgIpc) is 3.12. The molecule has 0 radical (unpaired) electrons. The number of nitrogens with zero attached hydrogens (tertiary/aromatic N) is 4. The Balaban J connectivity index is 2.14. The van der Waals surface area contributed by atoms with Gasteiger partial charge in [0.2, 0.25) is 11.7 Å². The van der Waals surface area contributed by atoms with Gasteiger partial charge in [-0.3, -0.25) is 4.79 Å². The first-order chi connectivity index (χ1) is 10.7. The summed E-state index contributed by atoms with van der Waals surface area (Å²) >= 11 is 0. The zero-order chi connectivity index (χ0) is 15.5. The number of hydrogen-bond acceptors (Lipinski definition) is 5. The van der Waals surface area contributed by atoms with Gasteiger partial charge in [-0.25, -0.2) is 9.61 Å². The Morgan fingerprint density at radius 2 is 2.23 bits per heavy atom. The van der Waals surface area contributed by atoms with E-state index < -0.39 is 0 Å². The van der Waals surface area contributed by atoms with Crippen molar-refractivity contribution >= 4 is 22.8 Å². The first-order valence-electron chi connectivity index (χ1n) is 6.93. The summed E-state index contributed by atoms with van der Waals surface area (Å²) in [6.45, 7) is 6.09. The number of benzene rings is 1. The van der Waals surface area contributed by atoms with Crippen LogP contribution < -0.4 is 5.32 Å².